The molecule has 0 radical (unpaired) electrons. The number of carboxylic acids is 1. The predicted octanol–water partition coefficient (Wildman–Crippen LogP) is 4.21. The zero-order valence-corrected chi connectivity index (χ0v) is 14.2. The van der Waals surface area contributed by atoms with Gasteiger partial charge in [0.15, 0.2) is 0 Å². The standard InChI is InChI=1S/C17H20ClNO4/c1-17(2,3)23-16(22)19(14-9-8-13(14)15(20)21)10-11-4-6-12(18)7-5-11/h4-7H,8-10H2,1-3H3,(H,20,21). The third kappa shape index (κ3) is 4.48. The number of carbonyl (C=O) groups is 2. The van der Waals surface area contributed by atoms with Crippen molar-refractivity contribution in [1.29, 1.82) is 0 Å². The molecule has 1 aliphatic carbocycles. The van der Waals surface area contributed by atoms with Gasteiger partial charge >= 0.3 is 12.1 Å². The van der Waals surface area contributed by atoms with E-state index in [2.05, 4.69) is 0 Å². The van der Waals surface area contributed by atoms with Gasteiger partial charge in [0.05, 0.1) is 12.1 Å². The lowest BCUT2D eigenvalue weighted by atomic mass is 9.93. The smallest absolute Gasteiger partial charge is 0.414 e. The second-order valence-corrected chi connectivity index (χ2v) is 6.86. The van der Waals surface area contributed by atoms with Crippen LogP contribution in [0.3, 0.4) is 0 Å². The summed E-state index contributed by atoms with van der Waals surface area (Å²) >= 11 is 5.87. The Labute approximate surface area is 140 Å². The summed E-state index contributed by atoms with van der Waals surface area (Å²) in [6.45, 7) is 5.58. The van der Waals surface area contributed by atoms with E-state index in [-0.39, 0.29) is 12.1 Å². The number of ether oxygens (including phenoxy) is 1. The van der Waals surface area contributed by atoms with Crippen LogP contribution in [0.25, 0.3) is 0 Å². The van der Waals surface area contributed by atoms with E-state index < -0.39 is 17.7 Å². The van der Waals surface area contributed by atoms with E-state index in [1.54, 1.807) is 45.0 Å². The molecular formula is C17H20ClNO4. The average Bonchev–Trinajstić information content (AvgIpc) is 2.36. The molecule has 1 aromatic carbocycles. The van der Waals surface area contributed by atoms with E-state index in [1.807, 2.05) is 0 Å². The molecular weight excluding hydrogens is 318 g/mol. The topological polar surface area (TPSA) is 66.8 Å². The molecule has 0 fully saturated rings. The molecule has 0 heterocycles. The normalized spacial score (nSPS) is 14.3. The Bertz CT molecular complexity index is 644. The van der Waals surface area contributed by atoms with E-state index >= 15 is 0 Å². The largest absolute Gasteiger partial charge is 0.478 e. The molecule has 1 amide bonds. The summed E-state index contributed by atoms with van der Waals surface area (Å²) < 4.78 is 5.41. The van der Waals surface area contributed by atoms with Gasteiger partial charge in [0, 0.05) is 10.7 Å². The summed E-state index contributed by atoms with van der Waals surface area (Å²) in [5, 5.41) is 9.82. The first kappa shape index (κ1) is 17.3. The highest BCUT2D eigenvalue weighted by Gasteiger charge is 2.33. The molecule has 0 atom stereocenters. The fourth-order valence-electron chi connectivity index (χ4n) is 2.25. The van der Waals surface area contributed by atoms with Gasteiger partial charge < -0.3 is 9.84 Å². The van der Waals surface area contributed by atoms with E-state index in [1.165, 1.54) is 4.90 Å². The lowest BCUT2D eigenvalue weighted by Gasteiger charge is -2.33. The quantitative estimate of drug-likeness (QED) is 0.893. The highest BCUT2D eigenvalue weighted by Crippen LogP contribution is 2.33. The maximum absolute atomic E-state index is 12.5. The van der Waals surface area contributed by atoms with Crippen LogP contribution in [0, 0.1) is 0 Å². The maximum Gasteiger partial charge on any atom is 0.414 e. The Hall–Kier alpha value is -2.01. The molecule has 23 heavy (non-hydrogen) atoms. The van der Waals surface area contributed by atoms with Crippen molar-refractivity contribution in [3.63, 3.8) is 0 Å². The average molecular weight is 338 g/mol. The van der Waals surface area contributed by atoms with Crippen LogP contribution in [0.4, 0.5) is 4.79 Å². The van der Waals surface area contributed by atoms with Gasteiger partial charge in [-0.1, -0.05) is 23.7 Å². The number of carboxylic acid groups (broad SMARTS) is 1. The van der Waals surface area contributed by atoms with Crippen LogP contribution in [0.2, 0.25) is 5.02 Å². The summed E-state index contributed by atoms with van der Waals surface area (Å²) in [4.78, 5) is 25.1. The highest BCUT2D eigenvalue weighted by atomic mass is 35.5. The minimum absolute atomic E-state index is 0.248. The highest BCUT2D eigenvalue weighted by molar-refractivity contribution is 6.30. The van der Waals surface area contributed by atoms with Gasteiger partial charge in [-0.05, 0) is 51.3 Å². The first-order valence-electron chi connectivity index (χ1n) is 7.37. The molecule has 0 saturated heterocycles. The van der Waals surface area contributed by atoms with Gasteiger partial charge in [-0.15, -0.1) is 0 Å². The molecule has 1 N–H and O–H groups in total. The van der Waals surface area contributed by atoms with E-state index in [0.29, 0.717) is 23.6 Å². The molecule has 0 saturated carbocycles. The number of benzene rings is 1. The second-order valence-electron chi connectivity index (χ2n) is 6.42. The first-order chi connectivity index (χ1) is 10.7. The Balaban J connectivity index is 2.28. The molecule has 0 bridgehead atoms. The molecule has 1 aromatic rings. The SMILES string of the molecule is CC(C)(C)OC(=O)N(Cc1ccc(Cl)cc1)C1=C(C(=O)O)CC1. The summed E-state index contributed by atoms with van der Waals surface area (Å²) in [5.74, 6) is -0.990. The molecule has 0 aromatic heterocycles. The maximum atomic E-state index is 12.5. The minimum atomic E-state index is -0.990. The monoisotopic (exact) mass is 337 g/mol. The summed E-state index contributed by atoms with van der Waals surface area (Å²) in [6.07, 6.45) is 0.472. The number of nitrogens with zero attached hydrogens (tertiary/aromatic N) is 1. The number of allylic oxidation sites excluding steroid dienone is 1. The van der Waals surface area contributed by atoms with E-state index in [0.717, 1.165) is 5.56 Å². The van der Waals surface area contributed by atoms with Gasteiger partial charge in [-0.25, -0.2) is 9.59 Å². The van der Waals surface area contributed by atoms with Crippen molar-refractivity contribution in [3.8, 4) is 0 Å². The predicted molar refractivity (Wildman–Crippen MR) is 87.1 cm³/mol. The fraction of sp³-hybridized carbons (Fsp3) is 0.412. The van der Waals surface area contributed by atoms with E-state index in [9.17, 15) is 14.7 Å². The third-order valence-corrected chi connectivity index (χ3v) is 3.66. The minimum Gasteiger partial charge on any atom is -0.478 e. The number of hydrogen-bond donors (Lipinski definition) is 1. The third-order valence-electron chi connectivity index (χ3n) is 3.41. The Morgan fingerprint density at radius 3 is 2.26 bits per heavy atom. The number of hydrogen-bond acceptors (Lipinski definition) is 3. The van der Waals surface area contributed by atoms with Crippen LogP contribution in [0.1, 0.15) is 39.2 Å². The van der Waals surface area contributed by atoms with Crippen molar-refractivity contribution in [1.82, 2.24) is 4.90 Å². The van der Waals surface area contributed by atoms with Crippen LogP contribution in [-0.4, -0.2) is 27.7 Å². The lowest BCUT2D eigenvalue weighted by molar-refractivity contribution is -0.133. The second kappa shape index (κ2) is 6.62. The van der Waals surface area contributed by atoms with Crippen LogP contribution in [0.15, 0.2) is 35.5 Å². The van der Waals surface area contributed by atoms with Crippen LogP contribution in [-0.2, 0) is 16.1 Å². The lowest BCUT2D eigenvalue weighted by Crippen LogP contribution is -2.39. The number of amides is 1. The molecule has 0 aliphatic heterocycles. The number of aliphatic carboxylic acids is 1. The zero-order chi connectivity index (χ0) is 17.2. The summed E-state index contributed by atoms with van der Waals surface area (Å²) in [6, 6.07) is 7.08. The summed E-state index contributed by atoms with van der Waals surface area (Å²) in [5.41, 5.74) is 0.985. The van der Waals surface area contributed by atoms with E-state index in [4.69, 9.17) is 16.3 Å². The van der Waals surface area contributed by atoms with Crippen LogP contribution >= 0.6 is 11.6 Å². The van der Waals surface area contributed by atoms with Crippen molar-refractivity contribution >= 4 is 23.7 Å². The summed E-state index contributed by atoms with van der Waals surface area (Å²) in [7, 11) is 0. The van der Waals surface area contributed by atoms with Gasteiger partial charge in [0.2, 0.25) is 0 Å². The Morgan fingerprint density at radius 2 is 1.83 bits per heavy atom. The first-order valence-corrected chi connectivity index (χ1v) is 7.75. The van der Waals surface area contributed by atoms with Crippen molar-refractivity contribution in [3.05, 3.63) is 46.1 Å². The van der Waals surface area contributed by atoms with Gasteiger partial charge in [-0.2, -0.15) is 0 Å². The number of halogens is 1. The Morgan fingerprint density at radius 1 is 1.22 bits per heavy atom. The molecule has 0 spiro atoms. The molecule has 5 nitrogen and oxygen atoms in total. The molecule has 124 valence electrons. The fourth-order valence-corrected chi connectivity index (χ4v) is 2.38. The number of carbonyl (C=O) groups excluding carboxylic acids is 1. The molecule has 2 rings (SSSR count). The van der Waals surface area contributed by atoms with Gasteiger partial charge in [-0.3, -0.25) is 4.90 Å². The molecule has 1 aliphatic rings. The van der Waals surface area contributed by atoms with Crippen molar-refractivity contribution < 1.29 is 19.4 Å². The molecule has 0 unspecified atom stereocenters. The van der Waals surface area contributed by atoms with Gasteiger partial charge in [0.1, 0.15) is 5.60 Å². The van der Waals surface area contributed by atoms with Crippen molar-refractivity contribution in [2.45, 2.75) is 45.8 Å². The van der Waals surface area contributed by atoms with Crippen molar-refractivity contribution in [2.24, 2.45) is 0 Å². The van der Waals surface area contributed by atoms with Crippen LogP contribution < -0.4 is 0 Å². The number of rotatable bonds is 4. The van der Waals surface area contributed by atoms with Crippen molar-refractivity contribution in [2.75, 3.05) is 0 Å². The zero-order valence-electron chi connectivity index (χ0n) is 13.4. The Kier molecular flexibility index (Phi) is 5.00. The molecule has 6 heteroatoms. The van der Waals surface area contributed by atoms with Gasteiger partial charge in [0.25, 0.3) is 0 Å². The van der Waals surface area contributed by atoms with Crippen LogP contribution in [0.5, 0.6) is 0 Å².